The molecule has 0 bridgehead atoms. The van der Waals surface area contributed by atoms with Crippen LogP contribution in [0.4, 0.5) is 0 Å². The van der Waals surface area contributed by atoms with E-state index in [2.05, 4.69) is 0 Å². The molecule has 7 nitrogen and oxygen atoms in total. The topological polar surface area (TPSA) is 102 Å². The predicted octanol–water partition coefficient (Wildman–Crippen LogP) is 0.909. The van der Waals surface area contributed by atoms with Crippen molar-refractivity contribution < 1.29 is 31.4 Å². The molecule has 0 fully saturated rings. The molecule has 0 aromatic heterocycles. The molecule has 1 atom stereocenters. The Kier molecular flexibility index (Phi) is 12.3. The van der Waals surface area contributed by atoms with Gasteiger partial charge in [0, 0.05) is 19.0 Å². The molecule has 0 aromatic carbocycles. The van der Waals surface area contributed by atoms with Crippen molar-refractivity contribution in [1.29, 1.82) is 0 Å². The summed E-state index contributed by atoms with van der Waals surface area (Å²) in [4.78, 5) is 0. The van der Waals surface area contributed by atoms with Gasteiger partial charge in [0.2, 0.25) is 0 Å². The first-order valence-electron chi connectivity index (χ1n) is 7.68. The lowest BCUT2D eigenvalue weighted by Gasteiger charge is -2.18. The van der Waals surface area contributed by atoms with Gasteiger partial charge >= 0.3 is 0 Å². The van der Waals surface area contributed by atoms with Crippen molar-refractivity contribution in [3.05, 3.63) is 0 Å². The van der Waals surface area contributed by atoms with E-state index < -0.39 is 25.7 Å². The van der Waals surface area contributed by atoms with Crippen molar-refractivity contribution in [1.82, 2.24) is 0 Å². The number of hydrogen-bond donors (Lipinski definition) is 0. The third-order valence-electron chi connectivity index (χ3n) is 2.98. The fourth-order valence-corrected chi connectivity index (χ4v) is 2.94. The van der Waals surface area contributed by atoms with E-state index in [0.29, 0.717) is 52.5 Å². The molecule has 0 radical (unpaired) electrons. The molecular formula is C14H29O7S2-. The molecule has 9 heteroatoms. The van der Waals surface area contributed by atoms with Crippen LogP contribution in [-0.2, 0) is 35.1 Å². The first-order valence-corrected chi connectivity index (χ1v) is 10.6. The minimum Gasteiger partial charge on any atom is -0.772 e. The summed E-state index contributed by atoms with van der Waals surface area (Å²) in [5.74, 6) is 0.235. The van der Waals surface area contributed by atoms with Crippen LogP contribution in [0.15, 0.2) is 0 Å². The van der Waals surface area contributed by atoms with Crippen LogP contribution in [0, 0.1) is 0 Å². The van der Waals surface area contributed by atoms with Gasteiger partial charge in [-0.1, -0.05) is 11.1 Å². The maximum Gasteiger partial charge on any atom is 0.155 e. The molecule has 140 valence electrons. The third kappa shape index (κ3) is 13.0. The first kappa shape index (κ1) is 22.9. The molecule has 23 heavy (non-hydrogen) atoms. The van der Waals surface area contributed by atoms with E-state index >= 15 is 0 Å². The summed E-state index contributed by atoms with van der Waals surface area (Å²) in [5, 5.41) is 0. The Morgan fingerprint density at radius 3 is 1.74 bits per heavy atom. The van der Waals surface area contributed by atoms with Gasteiger partial charge in [-0.15, -0.1) is 0 Å². The second-order valence-electron chi connectivity index (χ2n) is 5.98. The van der Waals surface area contributed by atoms with Gasteiger partial charge in [0.05, 0.1) is 36.9 Å². The second kappa shape index (κ2) is 12.3. The zero-order valence-corrected chi connectivity index (χ0v) is 15.9. The van der Waals surface area contributed by atoms with Gasteiger partial charge in [-0.25, -0.2) is 8.42 Å². The smallest absolute Gasteiger partial charge is 0.155 e. The monoisotopic (exact) mass is 373 g/mol. The molecule has 0 aromatic rings. The van der Waals surface area contributed by atoms with Gasteiger partial charge in [-0.2, -0.15) is 0 Å². The molecule has 0 N–H and O–H groups in total. The van der Waals surface area contributed by atoms with Gasteiger partial charge in [0.1, 0.15) is 0 Å². The van der Waals surface area contributed by atoms with E-state index in [1.807, 2.05) is 0 Å². The van der Waals surface area contributed by atoms with E-state index in [0.717, 1.165) is 0 Å². The SMILES string of the molecule is CC(C)(C)S(=O)(=O)CCCOCCOCCOCCCS(=O)[O-]. The summed E-state index contributed by atoms with van der Waals surface area (Å²) in [6.45, 7) is 7.53. The molecule has 0 saturated heterocycles. The first-order chi connectivity index (χ1) is 10.7. The van der Waals surface area contributed by atoms with Crippen molar-refractivity contribution in [2.45, 2.75) is 38.4 Å². The number of hydrogen-bond acceptors (Lipinski definition) is 7. The Labute approximate surface area is 142 Å². The van der Waals surface area contributed by atoms with E-state index in [1.165, 1.54) is 0 Å². The second-order valence-corrected chi connectivity index (χ2v) is 9.86. The number of sulfone groups is 1. The minimum atomic E-state index is -3.08. The highest BCUT2D eigenvalue weighted by molar-refractivity contribution is 7.92. The Bertz CT molecular complexity index is 415. The standard InChI is InChI=1S/C14H30O7S2/c1-14(2,3)23(17,18)13-5-7-20-9-11-21-10-8-19-6-4-12-22(15)16/h4-13H2,1-3H3,(H,15,16)/p-1. The van der Waals surface area contributed by atoms with Crippen LogP contribution in [0.5, 0.6) is 0 Å². The predicted molar refractivity (Wildman–Crippen MR) is 89.0 cm³/mol. The molecule has 0 aliphatic carbocycles. The largest absolute Gasteiger partial charge is 0.772 e. The summed E-state index contributed by atoms with van der Waals surface area (Å²) in [7, 11) is -3.08. The maximum atomic E-state index is 11.8. The van der Waals surface area contributed by atoms with E-state index in [-0.39, 0.29) is 11.5 Å². The normalized spacial score (nSPS) is 14.1. The Morgan fingerprint density at radius 2 is 1.30 bits per heavy atom. The molecule has 0 heterocycles. The van der Waals surface area contributed by atoms with Crippen molar-refractivity contribution in [3.8, 4) is 0 Å². The van der Waals surface area contributed by atoms with Crippen LogP contribution in [0.3, 0.4) is 0 Å². The molecular weight excluding hydrogens is 344 g/mol. The van der Waals surface area contributed by atoms with Crippen LogP contribution in [-0.4, -0.2) is 73.1 Å². The number of ether oxygens (including phenoxy) is 3. The molecule has 1 unspecified atom stereocenters. The molecule has 0 amide bonds. The van der Waals surface area contributed by atoms with E-state index in [1.54, 1.807) is 20.8 Å². The van der Waals surface area contributed by atoms with Gasteiger partial charge in [0.15, 0.2) is 9.84 Å². The Morgan fingerprint density at radius 1 is 0.870 bits per heavy atom. The fraction of sp³-hybridized carbons (Fsp3) is 1.00. The quantitative estimate of drug-likeness (QED) is 0.329. The van der Waals surface area contributed by atoms with Crippen LogP contribution in [0.1, 0.15) is 33.6 Å². The molecule has 0 aliphatic heterocycles. The summed E-state index contributed by atoms with van der Waals surface area (Å²) >= 11 is -2.01. The summed E-state index contributed by atoms with van der Waals surface area (Å²) in [5.41, 5.74) is 0. The minimum absolute atomic E-state index is 0.111. The van der Waals surface area contributed by atoms with Gasteiger partial charge in [-0.3, -0.25) is 4.21 Å². The molecule has 0 spiro atoms. The Hall–Kier alpha value is -0.0600. The van der Waals surface area contributed by atoms with Crippen LogP contribution < -0.4 is 0 Å². The van der Waals surface area contributed by atoms with E-state index in [4.69, 9.17) is 14.2 Å². The van der Waals surface area contributed by atoms with Gasteiger partial charge < -0.3 is 18.8 Å². The van der Waals surface area contributed by atoms with Crippen molar-refractivity contribution in [2.75, 3.05) is 51.1 Å². The van der Waals surface area contributed by atoms with Crippen molar-refractivity contribution in [2.24, 2.45) is 0 Å². The lowest BCUT2D eigenvalue weighted by atomic mass is 10.3. The molecule has 0 aliphatic rings. The van der Waals surface area contributed by atoms with Crippen LogP contribution in [0.2, 0.25) is 0 Å². The maximum absolute atomic E-state index is 11.8. The summed E-state index contributed by atoms with van der Waals surface area (Å²) < 4.78 is 59.3. The van der Waals surface area contributed by atoms with Gasteiger partial charge in [0.25, 0.3) is 0 Å². The van der Waals surface area contributed by atoms with Crippen LogP contribution >= 0.6 is 0 Å². The zero-order chi connectivity index (χ0) is 17.8. The molecule has 0 rings (SSSR count). The highest BCUT2D eigenvalue weighted by Gasteiger charge is 2.27. The van der Waals surface area contributed by atoms with Crippen molar-refractivity contribution >= 4 is 20.9 Å². The Balaban J connectivity index is 3.33. The highest BCUT2D eigenvalue weighted by atomic mass is 32.2. The highest BCUT2D eigenvalue weighted by Crippen LogP contribution is 2.16. The summed E-state index contributed by atoms with van der Waals surface area (Å²) in [6, 6.07) is 0. The van der Waals surface area contributed by atoms with Crippen molar-refractivity contribution in [3.63, 3.8) is 0 Å². The lowest BCUT2D eigenvalue weighted by Crippen LogP contribution is -2.30. The average molecular weight is 374 g/mol. The average Bonchev–Trinajstić information content (AvgIpc) is 2.42. The van der Waals surface area contributed by atoms with E-state index in [9.17, 15) is 17.2 Å². The zero-order valence-electron chi connectivity index (χ0n) is 14.2. The van der Waals surface area contributed by atoms with Crippen LogP contribution in [0.25, 0.3) is 0 Å². The summed E-state index contributed by atoms with van der Waals surface area (Å²) in [6.07, 6.45) is 0.959. The molecule has 0 saturated carbocycles. The lowest BCUT2D eigenvalue weighted by molar-refractivity contribution is 0.0149. The van der Waals surface area contributed by atoms with Gasteiger partial charge in [-0.05, 0) is 33.6 Å². The fourth-order valence-electron chi connectivity index (χ4n) is 1.48. The third-order valence-corrected chi connectivity index (χ3v) is 6.29. The number of rotatable bonds is 14.